The van der Waals surface area contributed by atoms with Gasteiger partial charge in [-0.1, -0.05) is 41.4 Å². The van der Waals surface area contributed by atoms with Crippen molar-refractivity contribution in [1.82, 2.24) is 9.88 Å². The predicted octanol–water partition coefficient (Wildman–Crippen LogP) is 5.41. The average molecular weight is 483 g/mol. The van der Waals surface area contributed by atoms with E-state index in [1.54, 1.807) is 54.9 Å². The van der Waals surface area contributed by atoms with Crippen molar-refractivity contribution in [1.29, 1.82) is 0 Å². The summed E-state index contributed by atoms with van der Waals surface area (Å²) in [7, 11) is 0. The van der Waals surface area contributed by atoms with E-state index in [0.717, 1.165) is 5.56 Å². The highest BCUT2D eigenvalue weighted by Gasteiger charge is 2.46. The molecular formula is C25H20Cl2N2O4. The molecule has 4 rings (SSSR count). The van der Waals surface area contributed by atoms with Crippen LogP contribution in [0.25, 0.3) is 5.76 Å². The lowest BCUT2D eigenvalue weighted by Gasteiger charge is -2.25. The van der Waals surface area contributed by atoms with Gasteiger partial charge in [0.2, 0.25) is 0 Å². The molecule has 1 atom stereocenters. The number of Topliss-reactive ketones (excluding diaryl/α,β-unsaturated/α-hetero) is 1. The van der Waals surface area contributed by atoms with Gasteiger partial charge in [0.05, 0.1) is 23.2 Å². The van der Waals surface area contributed by atoms with Crippen LogP contribution in [0.15, 0.2) is 72.6 Å². The zero-order valence-electron chi connectivity index (χ0n) is 17.7. The van der Waals surface area contributed by atoms with Crippen LogP contribution in [0.5, 0.6) is 5.75 Å². The van der Waals surface area contributed by atoms with E-state index in [2.05, 4.69) is 4.98 Å². The molecule has 1 aromatic heterocycles. The lowest BCUT2D eigenvalue weighted by Crippen LogP contribution is -2.29. The minimum absolute atomic E-state index is 0.0358. The molecule has 1 aliphatic heterocycles. The highest BCUT2D eigenvalue weighted by Crippen LogP contribution is 2.41. The summed E-state index contributed by atoms with van der Waals surface area (Å²) in [5.74, 6) is -1.37. The van der Waals surface area contributed by atoms with Crippen LogP contribution in [0.3, 0.4) is 0 Å². The third kappa shape index (κ3) is 4.58. The van der Waals surface area contributed by atoms with Gasteiger partial charge in [0, 0.05) is 29.5 Å². The number of nitrogens with zero attached hydrogens (tertiary/aromatic N) is 2. The Morgan fingerprint density at radius 1 is 1.12 bits per heavy atom. The first kappa shape index (κ1) is 22.8. The van der Waals surface area contributed by atoms with E-state index in [0.29, 0.717) is 28.5 Å². The van der Waals surface area contributed by atoms with Gasteiger partial charge in [-0.3, -0.25) is 14.6 Å². The zero-order valence-corrected chi connectivity index (χ0v) is 19.2. The Labute approximate surface area is 201 Å². The van der Waals surface area contributed by atoms with E-state index in [1.807, 2.05) is 13.0 Å². The zero-order chi connectivity index (χ0) is 23.5. The maximum absolute atomic E-state index is 13.1. The second-order valence-corrected chi connectivity index (χ2v) is 8.27. The Morgan fingerprint density at radius 2 is 1.94 bits per heavy atom. The molecule has 1 N–H and O–H groups in total. The molecule has 2 heterocycles. The van der Waals surface area contributed by atoms with Gasteiger partial charge in [-0.05, 0) is 54.4 Å². The third-order valence-electron chi connectivity index (χ3n) is 5.29. The van der Waals surface area contributed by atoms with Gasteiger partial charge < -0.3 is 14.7 Å². The summed E-state index contributed by atoms with van der Waals surface area (Å²) in [5, 5.41) is 11.9. The molecule has 0 bridgehead atoms. The van der Waals surface area contributed by atoms with Crippen LogP contribution in [-0.4, -0.2) is 33.3 Å². The average Bonchev–Trinajstić information content (AvgIpc) is 3.05. The van der Waals surface area contributed by atoms with Crippen molar-refractivity contribution in [3.63, 3.8) is 0 Å². The first-order chi connectivity index (χ1) is 15.9. The molecule has 1 aliphatic rings. The summed E-state index contributed by atoms with van der Waals surface area (Å²) in [6, 6.07) is 14.3. The number of carbonyl (C=O) groups excluding carboxylic acids is 2. The van der Waals surface area contributed by atoms with Crippen LogP contribution >= 0.6 is 23.2 Å². The van der Waals surface area contributed by atoms with E-state index in [1.165, 1.54) is 11.0 Å². The van der Waals surface area contributed by atoms with E-state index >= 15 is 0 Å². The fraction of sp³-hybridized carbons (Fsp3) is 0.160. The molecule has 1 fully saturated rings. The van der Waals surface area contributed by atoms with Gasteiger partial charge in [0.25, 0.3) is 11.7 Å². The number of likely N-dealkylation sites (tertiary alicyclic amines) is 1. The van der Waals surface area contributed by atoms with Gasteiger partial charge in [0.1, 0.15) is 11.5 Å². The SMILES string of the molecule is CCOc1ccc(/C(O)=C2\C(=O)C(=O)N(Cc3cccnc3)C2c2cccc(Cl)c2)cc1Cl. The number of aliphatic hydroxyl groups is 1. The maximum atomic E-state index is 13.1. The number of benzene rings is 2. The number of pyridine rings is 1. The van der Waals surface area contributed by atoms with Crippen molar-refractivity contribution < 1.29 is 19.4 Å². The molecular weight excluding hydrogens is 463 g/mol. The molecule has 6 nitrogen and oxygen atoms in total. The summed E-state index contributed by atoms with van der Waals surface area (Å²) >= 11 is 12.5. The normalized spacial score (nSPS) is 17.4. The van der Waals surface area contributed by atoms with Gasteiger partial charge in [0.15, 0.2) is 0 Å². The lowest BCUT2D eigenvalue weighted by atomic mass is 9.95. The quantitative estimate of drug-likeness (QED) is 0.288. The number of rotatable bonds is 6. The topological polar surface area (TPSA) is 79.7 Å². The van der Waals surface area contributed by atoms with Gasteiger partial charge in [-0.25, -0.2) is 0 Å². The van der Waals surface area contributed by atoms with Crippen LogP contribution in [0, 0.1) is 0 Å². The number of carbonyl (C=O) groups is 2. The molecule has 1 saturated heterocycles. The molecule has 3 aromatic rings. The summed E-state index contributed by atoms with van der Waals surface area (Å²) in [6.45, 7) is 2.40. The number of aliphatic hydroxyl groups excluding tert-OH is 1. The van der Waals surface area contributed by atoms with E-state index in [4.69, 9.17) is 27.9 Å². The Balaban J connectivity index is 1.85. The molecule has 0 radical (unpaired) electrons. The Morgan fingerprint density at radius 3 is 2.61 bits per heavy atom. The number of hydrogen-bond donors (Lipinski definition) is 1. The summed E-state index contributed by atoms with van der Waals surface area (Å²) < 4.78 is 5.44. The number of ether oxygens (including phenoxy) is 1. The number of aromatic nitrogens is 1. The van der Waals surface area contributed by atoms with Crippen molar-refractivity contribution in [2.75, 3.05) is 6.61 Å². The number of amides is 1. The van der Waals surface area contributed by atoms with Crippen molar-refractivity contribution in [3.8, 4) is 5.75 Å². The summed E-state index contributed by atoms with van der Waals surface area (Å²) in [4.78, 5) is 31.7. The second-order valence-electron chi connectivity index (χ2n) is 7.42. The molecule has 1 unspecified atom stereocenters. The minimum Gasteiger partial charge on any atom is -0.507 e. The number of halogens is 2. The van der Waals surface area contributed by atoms with Crippen molar-refractivity contribution in [2.45, 2.75) is 19.5 Å². The largest absolute Gasteiger partial charge is 0.507 e. The van der Waals surface area contributed by atoms with Crippen molar-refractivity contribution >= 4 is 40.7 Å². The fourth-order valence-corrected chi connectivity index (χ4v) is 4.26. The first-order valence-corrected chi connectivity index (χ1v) is 11.0. The first-order valence-electron chi connectivity index (χ1n) is 10.3. The predicted molar refractivity (Wildman–Crippen MR) is 126 cm³/mol. The van der Waals surface area contributed by atoms with Crippen LogP contribution in [0.4, 0.5) is 0 Å². The highest BCUT2D eigenvalue weighted by atomic mass is 35.5. The van der Waals surface area contributed by atoms with Gasteiger partial charge in [-0.15, -0.1) is 0 Å². The van der Waals surface area contributed by atoms with Gasteiger partial charge in [-0.2, -0.15) is 0 Å². The van der Waals surface area contributed by atoms with Crippen LogP contribution in [0.1, 0.15) is 29.7 Å². The van der Waals surface area contributed by atoms with E-state index < -0.39 is 17.7 Å². The van der Waals surface area contributed by atoms with Crippen LogP contribution in [-0.2, 0) is 16.1 Å². The summed E-state index contributed by atoms with van der Waals surface area (Å²) in [6.07, 6.45) is 3.25. The molecule has 168 valence electrons. The Bertz CT molecular complexity index is 1240. The second kappa shape index (κ2) is 9.65. The lowest BCUT2D eigenvalue weighted by molar-refractivity contribution is -0.140. The molecule has 2 aromatic carbocycles. The van der Waals surface area contributed by atoms with E-state index in [-0.39, 0.29) is 22.9 Å². The minimum atomic E-state index is -0.839. The monoisotopic (exact) mass is 482 g/mol. The van der Waals surface area contributed by atoms with Crippen molar-refractivity contribution in [2.24, 2.45) is 0 Å². The molecule has 0 saturated carbocycles. The molecule has 0 spiro atoms. The Hall–Kier alpha value is -3.35. The smallest absolute Gasteiger partial charge is 0.295 e. The van der Waals surface area contributed by atoms with E-state index in [9.17, 15) is 14.7 Å². The van der Waals surface area contributed by atoms with Crippen LogP contribution < -0.4 is 4.74 Å². The molecule has 1 amide bonds. The number of hydrogen-bond acceptors (Lipinski definition) is 5. The van der Waals surface area contributed by atoms with Crippen molar-refractivity contribution in [3.05, 3.63) is 99.3 Å². The number of ketones is 1. The molecule has 8 heteroatoms. The maximum Gasteiger partial charge on any atom is 0.295 e. The van der Waals surface area contributed by atoms with Crippen LogP contribution in [0.2, 0.25) is 10.0 Å². The van der Waals surface area contributed by atoms with Gasteiger partial charge >= 0.3 is 0 Å². The molecule has 33 heavy (non-hydrogen) atoms. The fourth-order valence-electron chi connectivity index (χ4n) is 3.83. The Kier molecular flexibility index (Phi) is 6.67. The highest BCUT2D eigenvalue weighted by molar-refractivity contribution is 6.46. The standard InChI is InChI=1S/C25H20Cl2N2O4/c1-2-33-20-9-8-17(12-19(20)27)23(30)21-22(16-6-3-7-18(26)11-16)29(25(32)24(21)31)14-15-5-4-10-28-13-15/h3-13,22,30H,2,14H2,1H3/b23-21+. The summed E-state index contributed by atoms with van der Waals surface area (Å²) in [5.41, 5.74) is 1.61. The molecule has 0 aliphatic carbocycles. The third-order valence-corrected chi connectivity index (χ3v) is 5.82.